The number of imidazole rings is 1. The first-order valence-corrected chi connectivity index (χ1v) is 12.3. The van der Waals surface area contributed by atoms with Crippen LogP contribution in [0, 0.1) is 6.92 Å². The molecular weight excluding hydrogens is 516 g/mol. The van der Waals surface area contributed by atoms with Crippen LogP contribution in [-0.4, -0.2) is 29.7 Å². The van der Waals surface area contributed by atoms with E-state index in [9.17, 15) is 4.79 Å². The Labute approximate surface area is 208 Å². The Morgan fingerprint density at radius 2 is 1.88 bits per heavy atom. The predicted molar refractivity (Wildman–Crippen MR) is 138 cm³/mol. The van der Waals surface area contributed by atoms with Crippen LogP contribution in [0.15, 0.2) is 69.9 Å². The third-order valence-corrected chi connectivity index (χ3v) is 6.84. The Morgan fingerprint density at radius 3 is 2.71 bits per heavy atom. The van der Waals surface area contributed by atoms with Crippen LogP contribution in [0.1, 0.15) is 11.1 Å². The van der Waals surface area contributed by atoms with Crippen LogP contribution >= 0.6 is 27.3 Å². The highest BCUT2D eigenvalue weighted by atomic mass is 79.9. The van der Waals surface area contributed by atoms with Gasteiger partial charge in [0.2, 0.25) is 0 Å². The number of hydrogen-bond acceptors (Lipinski definition) is 6. The molecule has 34 heavy (non-hydrogen) atoms. The van der Waals surface area contributed by atoms with Crippen LogP contribution in [0.4, 0.5) is 0 Å². The third kappa shape index (κ3) is 4.38. The quantitative estimate of drug-likeness (QED) is 0.274. The van der Waals surface area contributed by atoms with Crippen LogP contribution in [0.2, 0.25) is 0 Å². The predicted octanol–water partition coefficient (Wildman–Crippen LogP) is 4.99. The first-order chi connectivity index (χ1) is 16.5. The second kappa shape index (κ2) is 9.48. The number of aromatic nitrogens is 2. The monoisotopic (exact) mass is 536 g/mol. The molecule has 0 spiro atoms. The molecule has 0 fully saturated rings. The SMILES string of the molecule is COc1cc(C=c2sc3nc4ccccc4n3c2=O)cc(Br)c1OCCOc1cccc(C)c1. The first-order valence-electron chi connectivity index (χ1n) is 10.6. The normalized spacial score (nSPS) is 11.9. The number of para-hydroxylation sites is 2. The Morgan fingerprint density at radius 1 is 1.06 bits per heavy atom. The summed E-state index contributed by atoms with van der Waals surface area (Å²) in [6.45, 7) is 2.78. The number of methoxy groups -OCH3 is 1. The molecule has 0 aliphatic rings. The Hall–Kier alpha value is -3.36. The van der Waals surface area contributed by atoms with Gasteiger partial charge in [-0.2, -0.15) is 0 Å². The minimum Gasteiger partial charge on any atom is -0.493 e. The van der Waals surface area contributed by atoms with E-state index in [2.05, 4.69) is 20.9 Å². The summed E-state index contributed by atoms with van der Waals surface area (Å²) in [5, 5.41) is 0. The van der Waals surface area contributed by atoms with Crippen molar-refractivity contribution in [3.05, 3.63) is 91.1 Å². The molecule has 0 aliphatic heterocycles. The van der Waals surface area contributed by atoms with Gasteiger partial charge in [-0.25, -0.2) is 9.38 Å². The van der Waals surface area contributed by atoms with E-state index >= 15 is 0 Å². The summed E-state index contributed by atoms with van der Waals surface area (Å²) >= 11 is 4.94. The number of thiazole rings is 1. The molecule has 0 saturated heterocycles. The van der Waals surface area contributed by atoms with Crippen molar-refractivity contribution in [1.29, 1.82) is 0 Å². The fourth-order valence-electron chi connectivity index (χ4n) is 3.73. The lowest BCUT2D eigenvalue weighted by Gasteiger charge is -2.14. The highest BCUT2D eigenvalue weighted by Crippen LogP contribution is 2.37. The van der Waals surface area contributed by atoms with Gasteiger partial charge in [0.05, 0.1) is 27.1 Å². The van der Waals surface area contributed by atoms with Crippen LogP contribution in [0.5, 0.6) is 17.2 Å². The van der Waals surface area contributed by atoms with Crippen LogP contribution in [-0.2, 0) is 0 Å². The molecule has 0 unspecified atom stereocenters. The molecule has 5 rings (SSSR count). The molecule has 0 N–H and O–H groups in total. The standard InChI is InChI=1S/C26H21BrN2O4S/c1-16-6-5-7-18(12-16)32-10-11-33-24-19(27)13-17(14-22(24)31-2)15-23-25(30)29-21-9-4-3-8-20(21)28-26(29)34-23/h3-9,12-15H,10-11H2,1-2H3. The average Bonchev–Trinajstić information content (AvgIpc) is 3.33. The lowest BCUT2D eigenvalue weighted by Crippen LogP contribution is -2.22. The van der Waals surface area contributed by atoms with E-state index in [0.717, 1.165) is 32.4 Å². The van der Waals surface area contributed by atoms with Gasteiger partial charge >= 0.3 is 0 Å². The smallest absolute Gasteiger partial charge is 0.274 e. The fourth-order valence-corrected chi connectivity index (χ4v) is 5.30. The lowest BCUT2D eigenvalue weighted by atomic mass is 10.2. The number of rotatable bonds is 7. The molecule has 3 aromatic carbocycles. The van der Waals surface area contributed by atoms with Gasteiger partial charge in [-0.3, -0.25) is 4.79 Å². The number of fused-ring (bicyclic) bond motifs is 3. The summed E-state index contributed by atoms with van der Waals surface area (Å²) < 4.78 is 20.2. The summed E-state index contributed by atoms with van der Waals surface area (Å²) in [6, 6.07) is 19.3. The zero-order chi connectivity index (χ0) is 23.7. The van der Waals surface area contributed by atoms with Crippen molar-refractivity contribution in [3.8, 4) is 17.2 Å². The number of ether oxygens (including phenoxy) is 3. The summed E-state index contributed by atoms with van der Waals surface area (Å²) in [5.74, 6) is 1.96. The molecule has 2 aromatic heterocycles. The summed E-state index contributed by atoms with van der Waals surface area (Å²) in [6.07, 6.45) is 1.84. The largest absolute Gasteiger partial charge is 0.493 e. The van der Waals surface area contributed by atoms with E-state index in [1.54, 1.807) is 11.5 Å². The molecule has 0 atom stereocenters. The Bertz CT molecular complexity index is 1610. The zero-order valence-corrected chi connectivity index (χ0v) is 21.0. The highest BCUT2D eigenvalue weighted by molar-refractivity contribution is 9.10. The molecule has 172 valence electrons. The van der Waals surface area contributed by atoms with Gasteiger partial charge in [0.1, 0.15) is 19.0 Å². The van der Waals surface area contributed by atoms with Crippen molar-refractivity contribution in [2.75, 3.05) is 20.3 Å². The molecule has 0 radical (unpaired) electrons. The molecule has 0 bridgehead atoms. The summed E-state index contributed by atoms with van der Waals surface area (Å²) in [7, 11) is 1.59. The maximum Gasteiger partial charge on any atom is 0.274 e. The van der Waals surface area contributed by atoms with E-state index in [4.69, 9.17) is 14.2 Å². The molecule has 6 nitrogen and oxygen atoms in total. The molecule has 5 aromatic rings. The maximum atomic E-state index is 13.0. The minimum atomic E-state index is -0.0857. The number of aryl methyl sites for hydroxylation is 1. The fraction of sp³-hybridized carbons (Fsp3) is 0.154. The van der Waals surface area contributed by atoms with Gasteiger partial charge in [0, 0.05) is 0 Å². The van der Waals surface area contributed by atoms with Gasteiger partial charge in [-0.05, 0) is 76.5 Å². The Kier molecular flexibility index (Phi) is 6.26. The zero-order valence-electron chi connectivity index (χ0n) is 18.6. The number of nitrogens with zero attached hydrogens (tertiary/aromatic N) is 2. The molecule has 0 amide bonds. The Balaban J connectivity index is 1.38. The van der Waals surface area contributed by atoms with Crippen molar-refractivity contribution >= 4 is 49.3 Å². The van der Waals surface area contributed by atoms with E-state index in [1.807, 2.05) is 73.7 Å². The van der Waals surface area contributed by atoms with Crippen molar-refractivity contribution in [2.24, 2.45) is 0 Å². The van der Waals surface area contributed by atoms with Crippen molar-refractivity contribution < 1.29 is 14.2 Å². The first kappa shape index (κ1) is 22.4. The van der Waals surface area contributed by atoms with Crippen molar-refractivity contribution in [2.45, 2.75) is 6.92 Å². The number of halogens is 1. The van der Waals surface area contributed by atoms with Crippen molar-refractivity contribution in [3.63, 3.8) is 0 Å². The maximum absolute atomic E-state index is 13.0. The van der Waals surface area contributed by atoms with Crippen molar-refractivity contribution in [1.82, 2.24) is 9.38 Å². The van der Waals surface area contributed by atoms with Gasteiger partial charge in [0.25, 0.3) is 5.56 Å². The topological polar surface area (TPSA) is 62.1 Å². The lowest BCUT2D eigenvalue weighted by molar-refractivity contribution is 0.210. The molecule has 2 heterocycles. The number of benzene rings is 3. The average molecular weight is 537 g/mol. The molecule has 0 aliphatic carbocycles. The summed E-state index contributed by atoms with van der Waals surface area (Å²) in [4.78, 5) is 18.3. The highest BCUT2D eigenvalue weighted by Gasteiger charge is 2.13. The van der Waals surface area contributed by atoms with Gasteiger partial charge < -0.3 is 14.2 Å². The van der Waals surface area contributed by atoms with Crippen LogP contribution in [0.3, 0.4) is 0 Å². The van der Waals surface area contributed by atoms with Gasteiger partial charge in [-0.1, -0.05) is 35.6 Å². The molecule has 0 saturated carbocycles. The molecular formula is C26H21BrN2O4S. The van der Waals surface area contributed by atoms with E-state index in [0.29, 0.717) is 34.2 Å². The van der Waals surface area contributed by atoms with E-state index in [-0.39, 0.29) is 5.56 Å². The van der Waals surface area contributed by atoms with E-state index < -0.39 is 0 Å². The minimum absolute atomic E-state index is 0.0857. The van der Waals surface area contributed by atoms with Gasteiger partial charge in [0.15, 0.2) is 16.5 Å². The second-order valence-corrected chi connectivity index (χ2v) is 9.55. The van der Waals surface area contributed by atoms with E-state index in [1.165, 1.54) is 11.3 Å². The van der Waals surface area contributed by atoms with Gasteiger partial charge in [-0.15, -0.1) is 0 Å². The molecule has 8 heteroatoms. The second-order valence-electron chi connectivity index (χ2n) is 7.68. The number of hydrogen-bond donors (Lipinski definition) is 0. The third-order valence-electron chi connectivity index (χ3n) is 5.28. The summed E-state index contributed by atoms with van der Waals surface area (Å²) in [5.41, 5.74) is 3.50. The van der Waals surface area contributed by atoms with Crippen LogP contribution < -0.4 is 24.3 Å². The van der Waals surface area contributed by atoms with Crippen LogP contribution in [0.25, 0.3) is 22.1 Å².